The first-order chi connectivity index (χ1) is 18.2. The second-order valence-electron chi connectivity index (χ2n) is 10.2. The fourth-order valence-electron chi connectivity index (χ4n) is 6.65. The van der Waals surface area contributed by atoms with Gasteiger partial charge in [0.15, 0.2) is 0 Å². The molecule has 1 atom stereocenters. The molecule has 6 aromatic carbocycles. The lowest BCUT2D eigenvalue weighted by Crippen LogP contribution is -2.23. The number of hydrogen-bond acceptors (Lipinski definition) is 1. The molecule has 1 nitrogen and oxygen atoms in total. The van der Waals surface area contributed by atoms with Crippen molar-refractivity contribution in [2.24, 2.45) is 0 Å². The fraction of sp³-hybridized carbons (Fsp3) is 0.0556. The van der Waals surface area contributed by atoms with Gasteiger partial charge in [-0.3, -0.25) is 0 Å². The molecule has 0 aromatic heterocycles. The zero-order chi connectivity index (χ0) is 24.6. The Labute approximate surface area is 216 Å². The first-order valence-electron chi connectivity index (χ1n) is 12.9. The Bertz CT molecular complexity index is 1860. The van der Waals surface area contributed by atoms with Crippen LogP contribution < -0.4 is 4.74 Å². The summed E-state index contributed by atoms with van der Waals surface area (Å²) in [5.41, 5.74) is 11.3. The molecule has 1 unspecified atom stereocenters. The van der Waals surface area contributed by atoms with Gasteiger partial charge in [0, 0.05) is 16.4 Å². The minimum absolute atomic E-state index is 0.247. The predicted octanol–water partition coefficient (Wildman–Crippen LogP) is 9.61. The van der Waals surface area contributed by atoms with Gasteiger partial charge in [-0.15, -0.1) is 0 Å². The van der Waals surface area contributed by atoms with E-state index in [9.17, 15) is 0 Å². The molecule has 1 aliphatic heterocycles. The largest absolute Gasteiger partial charge is 0.456 e. The Morgan fingerprint density at radius 2 is 1.22 bits per heavy atom. The van der Waals surface area contributed by atoms with E-state index in [4.69, 9.17) is 4.74 Å². The summed E-state index contributed by atoms with van der Waals surface area (Å²) in [5.74, 6) is 1.85. The van der Waals surface area contributed by atoms with Crippen molar-refractivity contribution in [2.45, 2.75) is 12.3 Å². The van der Waals surface area contributed by atoms with Gasteiger partial charge in [0.1, 0.15) is 11.5 Å². The number of benzene rings is 6. The molecule has 0 fully saturated rings. The van der Waals surface area contributed by atoms with E-state index < -0.39 is 0 Å². The SMILES string of the molecule is CC1(c2ccccc2)c2ccccc2-c2cccc(-c3ccc4c(c3)-c3cccc5cccc(c35)O4)c21. The van der Waals surface area contributed by atoms with Gasteiger partial charge in [0.05, 0.1) is 0 Å². The van der Waals surface area contributed by atoms with Crippen molar-refractivity contribution in [3.8, 4) is 44.9 Å². The Kier molecular flexibility index (Phi) is 4.14. The van der Waals surface area contributed by atoms with Crippen molar-refractivity contribution in [1.29, 1.82) is 0 Å². The molecule has 8 rings (SSSR count). The standard InChI is InChI=1S/C36H24O/c1-36(25-12-3-2-4-13-25)31-18-6-5-14-27(31)29-17-9-15-26(35(29)36)24-20-21-32-30(22-24)28-16-7-10-23-11-8-19-33(37-32)34(23)28/h2-22H,1H3. The molecule has 0 bridgehead atoms. The minimum Gasteiger partial charge on any atom is -0.456 e. The first-order valence-corrected chi connectivity index (χ1v) is 12.9. The van der Waals surface area contributed by atoms with Crippen LogP contribution in [0.15, 0.2) is 127 Å². The quantitative estimate of drug-likeness (QED) is 0.243. The first kappa shape index (κ1) is 20.6. The molecule has 0 radical (unpaired) electrons. The average molecular weight is 473 g/mol. The molecule has 174 valence electrons. The lowest BCUT2D eigenvalue weighted by molar-refractivity contribution is 0.487. The van der Waals surface area contributed by atoms with E-state index in [0.29, 0.717) is 0 Å². The highest BCUT2D eigenvalue weighted by molar-refractivity contribution is 6.04. The molecule has 0 saturated carbocycles. The zero-order valence-corrected chi connectivity index (χ0v) is 20.5. The maximum absolute atomic E-state index is 6.39. The van der Waals surface area contributed by atoms with Gasteiger partial charge in [-0.05, 0) is 75.0 Å². The molecule has 0 saturated heterocycles. The fourth-order valence-corrected chi connectivity index (χ4v) is 6.65. The Hall–Kier alpha value is -4.62. The smallest absolute Gasteiger partial charge is 0.135 e. The maximum Gasteiger partial charge on any atom is 0.135 e. The Morgan fingerprint density at radius 1 is 0.514 bits per heavy atom. The molecule has 6 aromatic rings. The van der Waals surface area contributed by atoms with Crippen LogP contribution in [-0.4, -0.2) is 0 Å². The van der Waals surface area contributed by atoms with Crippen molar-refractivity contribution < 1.29 is 4.74 Å². The summed E-state index contributed by atoms with van der Waals surface area (Å²) >= 11 is 0. The summed E-state index contributed by atoms with van der Waals surface area (Å²) in [6.45, 7) is 2.38. The Morgan fingerprint density at radius 3 is 2.11 bits per heavy atom. The highest BCUT2D eigenvalue weighted by Gasteiger charge is 2.42. The Balaban J connectivity index is 1.40. The summed E-state index contributed by atoms with van der Waals surface area (Å²) in [6, 6.07) is 46.1. The van der Waals surface area contributed by atoms with Crippen LogP contribution >= 0.6 is 0 Å². The number of hydrogen-bond donors (Lipinski definition) is 0. The molecule has 1 heteroatoms. The molecule has 2 aliphatic rings. The molecule has 0 spiro atoms. The highest BCUT2D eigenvalue weighted by Crippen LogP contribution is 2.56. The van der Waals surface area contributed by atoms with E-state index >= 15 is 0 Å². The van der Waals surface area contributed by atoms with E-state index in [1.165, 1.54) is 55.3 Å². The average Bonchev–Trinajstić information content (AvgIpc) is 3.23. The van der Waals surface area contributed by atoms with Gasteiger partial charge >= 0.3 is 0 Å². The summed E-state index contributed by atoms with van der Waals surface area (Å²) in [5, 5.41) is 2.40. The normalized spacial score (nSPS) is 16.6. The van der Waals surface area contributed by atoms with Crippen LogP contribution in [-0.2, 0) is 5.41 Å². The van der Waals surface area contributed by atoms with Gasteiger partial charge in [-0.2, -0.15) is 0 Å². The second kappa shape index (κ2) is 7.44. The van der Waals surface area contributed by atoms with E-state index in [2.05, 4.69) is 134 Å². The van der Waals surface area contributed by atoms with Gasteiger partial charge in [0.2, 0.25) is 0 Å². The van der Waals surface area contributed by atoms with Crippen molar-refractivity contribution >= 4 is 10.8 Å². The van der Waals surface area contributed by atoms with Crippen LogP contribution in [0.5, 0.6) is 11.5 Å². The van der Waals surface area contributed by atoms with Crippen LogP contribution in [0.2, 0.25) is 0 Å². The third-order valence-corrected chi connectivity index (χ3v) is 8.34. The maximum atomic E-state index is 6.39. The van der Waals surface area contributed by atoms with Crippen LogP contribution in [0.1, 0.15) is 23.6 Å². The van der Waals surface area contributed by atoms with E-state index in [-0.39, 0.29) is 5.41 Å². The van der Waals surface area contributed by atoms with Crippen molar-refractivity contribution in [3.63, 3.8) is 0 Å². The van der Waals surface area contributed by atoms with Gasteiger partial charge in [-0.1, -0.05) is 109 Å². The lowest BCUT2D eigenvalue weighted by atomic mass is 9.72. The predicted molar refractivity (Wildman–Crippen MR) is 152 cm³/mol. The lowest BCUT2D eigenvalue weighted by Gasteiger charge is -2.30. The van der Waals surface area contributed by atoms with Gasteiger partial charge in [0.25, 0.3) is 0 Å². The summed E-state index contributed by atoms with van der Waals surface area (Å²) in [4.78, 5) is 0. The van der Waals surface area contributed by atoms with Crippen molar-refractivity contribution in [1.82, 2.24) is 0 Å². The number of ether oxygens (including phenoxy) is 1. The summed E-state index contributed by atoms with van der Waals surface area (Å²) in [7, 11) is 0. The third kappa shape index (κ3) is 2.74. The van der Waals surface area contributed by atoms with Crippen LogP contribution in [0.25, 0.3) is 44.2 Å². The van der Waals surface area contributed by atoms with E-state index in [1.807, 2.05) is 0 Å². The van der Waals surface area contributed by atoms with Crippen LogP contribution in [0, 0.1) is 0 Å². The van der Waals surface area contributed by atoms with Gasteiger partial charge < -0.3 is 4.74 Å². The molecular formula is C36H24O. The summed E-state index contributed by atoms with van der Waals surface area (Å²) < 4.78 is 6.39. The molecule has 1 aliphatic carbocycles. The monoisotopic (exact) mass is 472 g/mol. The molecule has 37 heavy (non-hydrogen) atoms. The molecule has 0 N–H and O–H groups in total. The van der Waals surface area contributed by atoms with Crippen molar-refractivity contribution in [2.75, 3.05) is 0 Å². The molecule has 1 heterocycles. The zero-order valence-electron chi connectivity index (χ0n) is 20.5. The summed E-state index contributed by atoms with van der Waals surface area (Å²) in [6.07, 6.45) is 0. The van der Waals surface area contributed by atoms with E-state index in [0.717, 1.165) is 17.1 Å². The van der Waals surface area contributed by atoms with Crippen LogP contribution in [0.4, 0.5) is 0 Å². The number of fused-ring (bicyclic) bond motifs is 5. The van der Waals surface area contributed by atoms with Gasteiger partial charge in [-0.25, -0.2) is 0 Å². The minimum atomic E-state index is -0.247. The number of rotatable bonds is 2. The second-order valence-corrected chi connectivity index (χ2v) is 10.2. The topological polar surface area (TPSA) is 9.23 Å². The van der Waals surface area contributed by atoms with E-state index in [1.54, 1.807) is 0 Å². The highest BCUT2D eigenvalue weighted by atomic mass is 16.5. The molecular weight excluding hydrogens is 448 g/mol. The van der Waals surface area contributed by atoms with Crippen molar-refractivity contribution in [3.05, 3.63) is 144 Å². The third-order valence-electron chi connectivity index (χ3n) is 8.34. The van der Waals surface area contributed by atoms with Crippen LogP contribution in [0.3, 0.4) is 0 Å². The molecule has 0 amide bonds.